The molecule has 126 valence electrons. The summed E-state index contributed by atoms with van der Waals surface area (Å²) >= 11 is 0. The minimum atomic E-state index is -3.68. The Kier molecular flexibility index (Phi) is 4.32. The maximum atomic E-state index is 12.5. The number of hydrogen-bond donors (Lipinski definition) is 2. The molecule has 2 aromatic carbocycles. The van der Waals surface area contributed by atoms with Gasteiger partial charge in [-0.25, -0.2) is 8.42 Å². The van der Waals surface area contributed by atoms with Crippen LogP contribution in [0.15, 0.2) is 47.4 Å². The average Bonchev–Trinajstić information content (AvgIpc) is 3.29. The van der Waals surface area contributed by atoms with Crippen molar-refractivity contribution in [3.63, 3.8) is 0 Å². The average molecular weight is 344 g/mol. The zero-order valence-electron chi connectivity index (χ0n) is 13.7. The highest BCUT2D eigenvalue weighted by molar-refractivity contribution is 7.92. The summed E-state index contributed by atoms with van der Waals surface area (Å²) in [4.78, 5) is 12.1. The van der Waals surface area contributed by atoms with E-state index in [1.54, 1.807) is 12.1 Å². The van der Waals surface area contributed by atoms with Crippen LogP contribution in [0.3, 0.4) is 0 Å². The van der Waals surface area contributed by atoms with Gasteiger partial charge in [-0.05, 0) is 74.2 Å². The molecule has 0 bridgehead atoms. The molecule has 0 atom stereocenters. The molecule has 2 aromatic rings. The van der Waals surface area contributed by atoms with Gasteiger partial charge in [0, 0.05) is 17.3 Å². The molecular formula is C18H20N2O3S. The van der Waals surface area contributed by atoms with Gasteiger partial charge in [0.05, 0.1) is 4.90 Å². The monoisotopic (exact) mass is 344 g/mol. The van der Waals surface area contributed by atoms with Crippen molar-refractivity contribution in [3.8, 4) is 0 Å². The van der Waals surface area contributed by atoms with Gasteiger partial charge in [-0.2, -0.15) is 0 Å². The highest BCUT2D eigenvalue weighted by Gasteiger charge is 2.24. The SMILES string of the molecule is Cc1cc(C)cc(NS(=O)(=O)c2ccc(C(=O)NC3CC3)cc2)c1. The van der Waals surface area contributed by atoms with Gasteiger partial charge in [0.1, 0.15) is 0 Å². The normalized spacial score (nSPS) is 14.2. The first-order valence-corrected chi connectivity index (χ1v) is 9.34. The molecule has 24 heavy (non-hydrogen) atoms. The molecule has 0 aromatic heterocycles. The predicted octanol–water partition coefficient (Wildman–Crippen LogP) is 3.00. The molecule has 1 amide bonds. The summed E-state index contributed by atoms with van der Waals surface area (Å²) in [5.74, 6) is -0.163. The number of benzene rings is 2. The molecule has 1 saturated carbocycles. The van der Waals surface area contributed by atoms with Crippen molar-refractivity contribution >= 4 is 21.6 Å². The lowest BCUT2D eigenvalue weighted by Crippen LogP contribution is -2.25. The van der Waals surface area contributed by atoms with E-state index in [2.05, 4.69) is 10.0 Å². The number of anilines is 1. The van der Waals surface area contributed by atoms with Crippen molar-refractivity contribution in [2.24, 2.45) is 0 Å². The zero-order chi connectivity index (χ0) is 17.3. The molecule has 5 nitrogen and oxygen atoms in total. The first-order chi connectivity index (χ1) is 11.3. The number of sulfonamides is 1. The summed E-state index contributed by atoms with van der Waals surface area (Å²) in [6.45, 7) is 3.83. The number of amides is 1. The molecule has 0 aliphatic heterocycles. The van der Waals surface area contributed by atoms with Crippen molar-refractivity contribution < 1.29 is 13.2 Å². The van der Waals surface area contributed by atoms with Crippen LogP contribution in [0.2, 0.25) is 0 Å². The molecule has 3 rings (SSSR count). The molecule has 1 fully saturated rings. The van der Waals surface area contributed by atoms with E-state index in [-0.39, 0.29) is 16.8 Å². The first-order valence-electron chi connectivity index (χ1n) is 7.85. The molecule has 0 saturated heterocycles. The Morgan fingerprint density at radius 1 is 1.00 bits per heavy atom. The van der Waals surface area contributed by atoms with Crippen LogP contribution in [0.5, 0.6) is 0 Å². The minimum Gasteiger partial charge on any atom is -0.349 e. The number of aryl methyl sites for hydroxylation is 2. The standard InChI is InChI=1S/C18H20N2O3S/c1-12-9-13(2)11-16(10-12)20-24(22,23)17-7-3-14(4-8-17)18(21)19-15-5-6-15/h3-4,7-11,15,20H,5-6H2,1-2H3,(H,19,21). The van der Waals surface area contributed by atoms with E-state index in [4.69, 9.17) is 0 Å². The number of hydrogen-bond acceptors (Lipinski definition) is 3. The molecule has 0 spiro atoms. The Morgan fingerprint density at radius 2 is 1.58 bits per heavy atom. The van der Waals surface area contributed by atoms with Crippen LogP contribution in [-0.4, -0.2) is 20.4 Å². The van der Waals surface area contributed by atoms with E-state index < -0.39 is 10.0 Å². The summed E-state index contributed by atoms with van der Waals surface area (Å²) in [6.07, 6.45) is 2.02. The Balaban J connectivity index is 1.77. The quantitative estimate of drug-likeness (QED) is 0.875. The number of carbonyl (C=O) groups excluding carboxylic acids is 1. The van der Waals surface area contributed by atoms with Gasteiger partial charge in [0.25, 0.3) is 15.9 Å². The number of nitrogens with one attached hydrogen (secondary N) is 2. The molecule has 6 heteroatoms. The third-order valence-corrected chi connectivity index (χ3v) is 5.21. The second-order valence-electron chi connectivity index (χ2n) is 6.25. The Bertz CT molecular complexity index is 849. The van der Waals surface area contributed by atoms with Crippen molar-refractivity contribution in [2.45, 2.75) is 37.6 Å². The summed E-state index contributed by atoms with van der Waals surface area (Å²) in [7, 11) is -3.68. The van der Waals surface area contributed by atoms with E-state index in [1.165, 1.54) is 24.3 Å². The Morgan fingerprint density at radius 3 is 2.12 bits per heavy atom. The molecule has 1 aliphatic carbocycles. The zero-order valence-corrected chi connectivity index (χ0v) is 14.5. The first kappa shape index (κ1) is 16.5. The van der Waals surface area contributed by atoms with Crippen molar-refractivity contribution in [3.05, 3.63) is 59.2 Å². The highest BCUT2D eigenvalue weighted by Crippen LogP contribution is 2.21. The van der Waals surface area contributed by atoms with E-state index in [1.807, 2.05) is 19.9 Å². The molecular weight excluding hydrogens is 324 g/mol. The van der Waals surface area contributed by atoms with E-state index in [0.29, 0.717) is 11.3 Å². The molecule has 2 N–H and O–H groups in total. The van der Waals surface area contributed by atoms with E-state index >= 15 is 0 Å². The summed E-state index contributed by atoms with van der Waals surface area (Å²) in [5, 5.41) is 2.88. The predicted molar refractivity (Wildman–Crippen MR) is 93.7 cm³/mol. The number of carbonyl (C=O) groups is 1. The fourth-order valence-corrected chi connectivity index (χ4v) is 3.57. The third-order valence-electron chi connectivity index (χ3n) is 3.81. The minimum absolute atomic E-state index is 0.129. The van der Waals surface area contributed by atoms with Crippen molar-refractivity contribution in [1.29, 1.82) is 0 Å². The van der Waals surface area contributed by atoms with Gasteiger partial charge in [-0.3, -0.25) is 9.52 Å². The van der Waals surface area contributed by atoms with E-state index in [0.717, 1.165) is 24.0 Å². The van der Waals surface area contributed by atoms with Crippen LogP contribution in [0, 0.1) is 13.8 Å². The molecule has 0 unspecified atom stereocenters. The number of rotatable bonds is 5. The topological polar surface area (TPSA) is 75.3 Å². The molecule has 0 heterocycles. The van der Waals surface area contributed by atoms with Crippen LogP contribution in [0.1, 0.15) is 34.3 Å². The van der Waals surface area contributed by atoms with Crippen LogP contribution in [0.25, 0.3) is 0 Å². The van der Waals surface area contributed by atoms with Gasteiger partial charge >= 0.3 is 0 Å². The van der Waals surface area contributed by atoms with Crippen LogP contribution in [0.4, 0.5) is 5.69 Å². The van der Waals surface area contributed by atoms with Crippen molar-refractivity contribution in [1.82, 2.24) is 5.32 Å². The fourth-order valence-electron chi connectivity index (χ4n) is 2.53. The lowest BCUT2D eigenvalue weighted by Gasteiger charge is -2.10. The Labute approximate surface area is 142 Å². The van der Waals surface area contributed by atoms with E-state index in [9.17, 15) is 13.2 Å². The fraction of sp³-hybridized carbons (Fsp3) is 0.278. The van der Waals surface area contributed by atoms with Gasteiger partial charge < -0.3 is 5.32 Å². The molecule has 1 aliphatic rings. The maximum absolute atomic E-state index is 12.5. The van der Waals surface area contributed by atoms with Crippen molar-refractivity contribution in [2.75, 3.05) is 4.72 Å². The smallest absolute Gasteiger partial charge is 0.261 e. The highest BCUT2D eigenvalue weighted by atomic mass is 32.2. The largest absolute Gasteiger partial charge is 0.349 e. The lowest BCUT2D eigenvalue weighted by atomic mass is 10.1. The van der Waals surface area contributed by atoms with Crippen LogP contribution >= 0.6 is 0 Å². The van der Waals surface area contributed by atoms with Gasteiger partial charge in [0.2, 0.25) is 0 Å². The second kappa shape index (κ2) is 6.28. The summed E-state index contributed by atoms with van der Waals surface area (Å²) < 4.78 is 27.5. The maximum Gasteiger partial charge on any atom is 0.261 e. The lowest BCUT2D eigenvalue weighted by molar-refractivity contribution is 0.0951. The van der Waals surface area contributed by atoms with Crippen LogP contribution < -0.4 is 10.0 Å². The van der Waals surface area contributed by atoms with Gasteiger partial charge in [0.15, 0.2) is 0 Å². The summed E-state index contributed by atoms with van der Waals surface area (Å²) in [6, 6.07) is 11.8. The van der Waals surface area contributed by atoms with Gasteiger partial charge in [-0.1, -0.05) is 6.07 Å². The van der Waals surface area contributed by atoms with Gasteiger partial charge in [-0.15, -0.1) is 0 Å². The Hall–Kier alpha value is -2.34. The van der Waals surface area contributed by atoms with Crippen LogP contribution in [-0.2, 0) is 10.0 Å². The molecule has 0 radical (unpaired) electrons. The summed E-state index contributed by atoms with van der Waals surface area (Å²) in [5.41, 5.74) is 2.97. The third kappa shape index (κ3) is 3.94. The second-order valence-corrected chi connectivity index (χ2v) is 7.94.